The average Bonchev–Trinajstić information content (AvgIpc) is 3.04. The Hall–Kier alpha value is -2.60. The second-order valence-electron chi connectivity index (χ2n) is 16.2. The van der Waals surface area contributed by atoms with E-state index in [1.54, 1.807) is 13.8 Å². The molecule has 0 spiro atoms. The molecule has 282 valence electrons. The molecule has 4 unspecified atom stereocenters. The lowest BCUT2D eigenvalue weighted by Gasteiger charge is -2.42. The molecule has 1 aromatic carbocycles. The number of amides is 2. The highest BCUT2D eigenvalue weighted by Gasteiger charge is 2.44. The van der Waals surface area contributed by atoms with E-state index >= 15 is 0 Å². The third kappa shape index (κ3) is 9.83. The van der Waals surface area contributed by atoms with Crippen molar-refractivity contribution in [3.63, 3.8) is 0 Å². The quantitative estimate of drug-likeness (QED) is 0.163. The van der Waals surface area contributed by atoms with E-state index in [2.05, 4.69) is 56.5 Å². The zero-order chi connectivity index (χ0) is 37.7. The summed E-state index contributed by atoms with van der Waals surface area (Å²) >= 11 is 0. The summed E-state index contributed by atoms with van der Waals surface area (Å²) in [4.78, 5) is 28.4. The van der Waals surface area contributed by atoms with Gasteiger partial charge < -0.3 is 40.7 Å². The molecule has 1 saturated heterocycles. The number of aliphatic hydroxyl groups is 4. The van der Waals surface area contributed by atoms with Crippen molar-refractivity contribution >= 4 is 11.8 Å². The molecule has 10 nitrogen and oxygen atoms in total. The second kappa shape index (κ2) is 17.3. The summed E-state index contributed by atoms with van der Waals surface area (Å²) in [6.45, 7) is 18.7. The van der Waals surface area contributed by atoms with Crippen LogP contribution in [0.25, 0.3) is 0 Å². The molecule has 1 aliphatic heterocycles. The predicted octanol–water partition coefficient (Wildman–Crippen LogP) is 3.47. The van der Waals surface area contributed by atoms with Gasteiger partial charge in [0, 0.05) is 30.8 Å². The summed E-state index contributed by atoms with van der Waals surface area (Å²) in [7, 11) is 3.88. The smallest absolute Gasteiger partial charge is 0.245 e. The first-order valence-corrected chi connectivity index (χ1v) is 18.3. The van der Waals surface area contributed by atoms with Crippen molar-refractivity contribution in [2.75, 3.05) is 33.8 Å². The minimum absolute atomic E-state index is 0.0220. The van der Waals surface area contributed by atoms with Gasteiger partial charge in [-0.15, -0.1) is 0 Å². The number of ether oxygens (including phenoxy) is 1. The summed E-state index contributed by atoms with van der Waals surface area (Å²) in [6.07, 6.45) is -0.410. The van der Waals surface area contributed by atoms with Crippen LogP contribution < -0.4 is 10.6 Å². The largest absolute Gasteiger partial charge is 0.394 e. The third-order valence-electron chi connectivity index (χ3n) is 11.2. The zero-order valence-electron chi connectivity index (χ0n) is 32.3. The minimum Gasteiger partial charge on any atom is -0.394 e. The summed E-state index contributed by atoms with van der Waals surface area (Å²) < 4.78 is 6.02. The number of aryl methyl sites for hydroxylation is 1. The molecule has 0 radical (unpaired) electrons. The number of carbonyl (C=O) groups is 2. The molecule has 8 atom stereocenters. The maximum absolute atomic E-state index is 13.5. The number of aliphatic hydroxyl groups excluding tert-OH is 4. The first kappa shape index (κ1) is 41.8. The van der Waals surface area contributed by atoms with E-state index in [1.165, 1.54) is 5.57 Å². The van der Waals surface area contributed by atoms with Gasteiger partial charge in [0.1, 0.15) is 17.7 Å². The number of allylic oxidation sites excluding steroid dienone is 2. The molecule has 1 fully saturated rings. The van der Waals surface area contributed by atoms with Gasteiger partial charge in [-0.2, -0.15) is 0 Å². The van der Waals surface area contributed by atoms with Crippen molar-refractivity contribution in [2.24, 2.45) is 23.2 Å². The lowest BCUT2D eigenvalue weighted by atomic mass is 9.72. The van der Waals surface area contributed by atoms with E-state index in [9.17, 15) is 30.0 Å². The number of nitrogens with zero attached hydrogens (tertiary/aromatic N) is 1. The average molecular weight is 700 g/mol. The Morgan fingerprint density at radius 2 is 1.74 bits per heavy atom. The van der Waals surface area contributed by atoms with E-state index in [-0.39, 0.29) is 42.6 Å². The van der Waals surface area contributed by atoms with Crippen LogP contribution in [0.2, 0.25) is 0 Å². The molecular weight excluding hydrogens is 634 g/mol. The molecule has 1 aliphatic carbocycles. The highest BCUT2D eigenvalue weighted by molar-refractivity contribution is 5.92. The Bertz CT molecular complexity index is 1400. The Balaban J connectivity index is 1.82. The van der Waals surface area contributed by atoms with Crippen LogP contribution in [0.5, 0.6) is 0 Å². The van der Waals surface area contributed by atoms with E-state index in [1.807, 2.05) is 45.8 Å². The highest BCUT2D eigenvalue weighted by Crippen LogP contribution is 2.41. The predicted molar refractivity (Wildman–Crippen MR) is 197 cm³/mol. The standard InChI is InChI=1S/C40H65N3O7/c1-12-23(2)33-26(5)34(46)31(36-35(47)32(45)21-30(22-44)50-36)20-29(33)19-28-14-13-27(17-24(28)3)18-25(4)39(6,7)37(48)42-40(8,9)38(49)41-15-16-43(10)11/h13-14,17,20,23,25-26,30,32,34-36,44-47H,12,15-16,18-19,21-22H2,1-11H3,(H,41,49)(H,42,48)/t23?,25?,26?,30-,32-,34?,35+,36-/m0/s1. The monoisotopic (exact) mass is 699 g/mol. The Morgan fingerprint density at radius 1 is 1.08 bits per heavy atom. The molecule has 2 amide bonds. The summed E-state index contributed by atoms with van der Waals surface area (Å²) in [5.41, 5.74) is 4.34. The first-order valence-electron chi connectivity index (χ1n) is 18.3. The molecule has 50 heavy (non-hydrogen) atoms. The SMILES string of the molecule is CCC(C)C1=C(Cc2ccc(CC(C)C(C)(C)C(=O)NC(C)(C)C(=O)NCCN(C)C)cc2C)C=C([C@@H]2O[C@H](CO)C[C@H](O)[C@H]2O)C(O)C1C. The molecule has 3 rings (SSSR count). The van der Waals surface area contributed by atoms with Gasteiger partial charge in [-0.25, -0.2) is 0 Å². The van der Waals surface area contributed by atoms with Crippen molar-refractivity contribution in [1.82, 2.24) is 15.5 Å². The van der Waals surface area contributed by atoms with Gasteiger partial charge in [0.2, 0.25) is 11.8 Å². The fraction of sp³-hybridized carbons (Fsp3) is 0.700. The molecule has 6 N–H and O–H groups in total. The van der Waals surface area contributed by atoms with E-state index in [0.29, 0.717) is 31.5 Å². The van der Waals surface area contributed by atoms with Gasteiger partial charge in [0.25, 0.3) is 0 Å². The van der Waals surface area contributed by atoms with E-state index < -0.39 is 41.5 Å². The molecule has 0 saturated carbocycles. The van der Waals surface area contributed by atoms with Gasteiger partial charge in [0.15, 0.2) is 0 Å². The van der Waals surface area contributed by atoms with Gasteiger partial charge in [-0.1, -0.05) is 71.4 Å². The summed E-state index contributed by atoms with van der Waals surface area (Å²) in [5.74, 6) is -0.399. The molecule has 1 aromatic rings. The summed E-state index contributed by atoms with van der Waals surface area (Å²) in [6, 6.07) is 6.42. The third-order valence-corrected chi connectivity index (χ3v) is 11.2. The molecule has 0 aromatic heterocycles. The topological polar surface area (TPSA) is 152 Å². The van der Waals surface area contributed by atoms with Gasteiger partial charge in [-0.3, -0.25) is 9.59 Å². The van der Waals surface area contributed by atoms with Crippen LogP contribution in [0.3, 0.4) is 0 Å². The fourth-order valence-electron chi connectivity index (χ4n) is 7.09. The molecule has 10 heteroatoms. The van der Waals surface area contributed by atoms with E-state index in [4.69, 9.17) is 4.74 Å². The van der Waals surface area contributed by atoms with Crippen LogP contribution in [0.15, 0.2) is 41.0 Å². The number of hydrogen-bond donors (Lipinski definition) is 6. The maximum Gasteiger partial charge on any atom is 0.245 e. The van der Waals surface area contributed by atoms with Crippen molar-refractivity contribution in [3.8, 4) is 0 Å². The highest BCUT2D eigenvalue weighted by atomic mass is 16.5. The molecule has 1 heterocycles. The number of nitrogens with one attached hydrogen (secondary N) is 2. The van der Waals surface area contributed by atoms with Gasteiger partial charge >= 0.3 is 0 Å². The maximum atomic E-state index is 13.5. The number of rotatable bonds is 15. The number of carbonyl (C=O) groups excluding carboxylic acids is 2. The van der Waals surface area contributed by atoms with Crippen LogP contribution in [0.4, 0.5) is 0 Å². The fourth-order valence-corrected chi connectivity index (χ4v) is 7.09. The molecule has 2 aliphatic rings. The minimum atomic E-state index is -1.21. The normalized spacial score (nSPS) is 26.0. The van der Waals surface area contributed by atoms with Gasteiger partial charge in [-0.05, 0) is 93.8 Å². The first-order chi connectivity index (χ1) is 23.2. The van der Waals surface area contributed by atoms with Crippen molar-refractivity contribution in [3.05, 3.63) is 57.7 Å². The van der Waals surface area contributed by atoms with Crippen LogP contribution in [-0.2, 0) is 27.2 Å². The number of likely N-dealkylation sites (N-methyl/N-ethyl adjacent to an activating group) is 1. The van der Waals surface area contributed by atoms with Gasteiger partial charge in [0.05, 0.1) is 24.9 Å². The van der Waals surface area contributed by atoms with Crippen molar-refractivity contribution in [1.29, 1.82) is 0 Å². The van der Waals surface area contributed by atoms with Crippen molar-refractivity contribution < 1.29 is 34.8 Å². The Kier molecular flexibility index (Phi) is 14.5. The zero-order valence-corrected chi connectivity index (χ0v) is 32.3. The summed E-state index contributed by atoms with van der Waals surface area (Å²) in [5, 5.41) is 48.6. The molecular formula is C40H65N3O7. The van der Waals surface area contributed by atoms with Crippen LogP contribution >= 0.6 is 0 Å². The lowest BCUT2D eigenvalue weighted by Crippen LogP contribution is -2.58. The van der Waals surface area contributed by atoms with E-state index in [0.717, 1.165) is 28.7 Å². The number of benzene rings is 1. The second-order valence-corrected chi connectivity index (χ2v) is 16.2. The molecule has 0 bridgehead atoms. The Morgan fingerprint density at radius 3 is 2.32 bits per heavy atom. The lowest BCUT2D eigenvalue weighted by molar-refractivity contribution is -0.168. The van der Waals surface area contributed by atoms with Crippen LogP contribution in [0, 0.1) is 30.1 Å². The number of hydrogen-bond acceptors (Lipinski definition) is 8. The van der Waals surface area contributed by atoms with Crippen LogP contribution in [-0.4, -0.2) is 107 Å². The Labute approximate surface area is 300 Å². The van der Waals surface area contributed by atoms with Crippen LogP contribution in [0.1, 0.15) is 84.9 Å². The van der Waals surface area contributed by atoms with Crippen molar-refractivity contribution in [2.45, 2.75) is 124 Å².